The minimum absolute atomic E-state index is 0.310. The number of nitriles is 1. The number of aromatic nitrogens is 1. The van der Waals surface area contributed by atoms with Crippen LogP contribution in [0.3, 0.4) is 0 Å². The van der Waals surface area contributed by atoms with Gasteiger partial charge in [-0.2, -0.15) is 5.26 Å². The van der Waals surface area contributed by atoms with Gasteiger partial charge in [0.15, 0.2) is 0 Å². The van der Waals surface area contributed by atoms with Crippen LogP contribution < -0.4 is 4.74 Å². The minimum Gasteiger partial charge on any atom is -0.444 e. The van der Waals surface area contributed by atoms with E-state index in [1.165, 1.54) is 6.20 Å². The maximum atomic E-state index is 12.8. The van der Waals surface area contributed by atoms with Gasteiger partial charge in [-0.1, -0.05) is 26.0 Å². The SMILES string of the molecule is CC(C)CCN(Cc1ccc2c(c1)C=Cc1cc(C#N)cnc1O2)C(=O)OC(C)(C)C. The van der Waals surface area contributed by atoms with Crippen molar-refractivity contribution >= 4 is 18.2 Å². The molecule has 2 aromatic rings. The van der Waals surface area contributed by atoms with Gasteiger partial charge >= 0.3 is 6.09 Å². The highest BCUT2D eigenvalue weighted by molar-refractivity contribution is 5.77. The Morgan fingerprint density at radius 1 is 1.23 bits per heavy atom. The molecule has 6 nitrogen and oxygen atoms in total. The predicted octanol–water partition coefficient (Wildman–Crippen LogP) is 6.01. The van der Waals surface area contributed by atoms with Crippen LogP contribution in [-0.2, 0) is 11.3 Å². The van der Waals surface area contributed by atoms with E-state index in [0.717, 1.165) is 23.1 Å². The molecule has 1 amide bonds. The second-order valence-electron chi connectivity index (χ2n) is 9.12. The number of carbonyl (C=O) groups is 1. The first-order valence-electron chi connectivity index (χ1n) is 10.5. The summed E-state index contributed by atoms with van der Waals surface area (Å²) < 4.78 is 11.6. The fraction of sp³-hybridized carbons (Fsp3) is 0.400. The van der Waals surface area contributed by atoms with Crippen LogP contribution in [0.2, 0.25) is 0 Å². The van der Waals surface area contributed by atoms with Gasteiger partial charge in [-0.15, -0.1) is 0 Å². The van der Waals surface area contributed by atoms with Gasteiger partial charge < -0.3 is 14.4 Å². The first kappa shape index (κ1) is 22.4. The lowest BCUT2D eigenvalue weighted by Gasteiger charge is -2.28. The average molecular weight is 420 g/mol. The zero-order valence-corrected chi connectivity index (χ0v) is 18.8. The highest BCUT2D eigenvalue weighted by Gasteiger charge is 2.23. The van der Waals surface area contributed by atoms with E-state index in [9.17, 15) is 4.79 Å². The number of rotatable bonds is 5. The van der Waals surface area contributed by atoms with Crippen LogP contribution >= 0.6 is 0 Å². The molecule has 0 spiro atoms. The van der Waals surface area contributed by atoms with Gasteiger partial charge in [0.1, 0.15) is 17.4 Å². The molecule has 1 aliphatic heterocycles. The summed E-state index contributed by atoms with van der Waals surface area (Å²) in [5, 5.41) is 9.10. The van der Waals surface area contributed by atoms with Gasteiger partial charge in [-0.05, 0) is 62.9 Å². The molecule has 0 unspecified atom stereocenters. The minimum atomic E-state index is -0.543. The van der Waals surface area contributed by atoms with Crippen molar-refractivity contribution in [3.8, 4) is 17.7 Å². The van der Waals surface area contributed by atoms with Gasteiger partial charge in [0.25, 0.3) is 0 Å². The molecule has 0 atom stereocenters. The Kier molecular flexibility index (Phi) is 6.65. The summed E-state index contributed by atoms with van der Waals surface area (Å²) in [5.41, 5.74) is 2.57. The van der Waals surface area contributed by atoms with Crippen LogP contribution in [0.1, 0.15) is 63.3 Å². The molecule has 0 N–H and O–H groups in total. The van der Waals surface area contributed by atoms with Crippen molar-refractivity contribution in [3.63, 3.8) is 0 Å². The molecule has 0 radical (unpaired) electrons. The van der Waals surface area contributed by atoms with E-state index in [-0.39, 0.29) is 6.09 Å². The third kappa shape index (κ3) is 6.08. The smallest absolute Gasteiger partial charge is 0.410 e. The van der Waals surface area contributed by atoms with Crippen molar-refractivity contribution in [2.24, 2.45) is 5.92 Å². The standard InChI is InChI=1S/C25H29N3O3/c1-17(2)10-11-28(24(29)31-25(3,4)5)16-18-6-9-22-20(12-18)7-8-21-13-19(14-26)15-27-23(21)30-22/h6-9,12-13,15,17H,10-11,16H2,1-5H3. The number of benzene rings is 1. The lowest BCUT2D eigenvalue weighted by molar-refractivity contribution is 0.0226. The van der Waals surface area contributed by atoms with E-state index in [0.29, 0.717) is 36.2 Å². The highest BCUT2D eigenvalue weighted by atomic mass is 16.6. The molecule has 162 valence electrons. The summed E-state index contributed by atoms with van der Waals surface area (Å²) in [4.78, 5) is 18.8. The van der Waals surface area contributed by atoms with Gasteiger partial charge in [0.2, 0.25) is 5.88 Å². The Hall–Kier alpha value is -3.33. The fourth-order valence-electron chi connectivity index (χ4n) is 3.13. The van der Waals surface area contributed by atoms with Crippen molar-refractivity contribution < 1.29 is 14.3 Å². The van der Waals surface area contributed by atoms with E-state index < -0.39 is 5.60 Å². The molecule has 1 aromatic carbocycles. The zero-order chi connectivity index (χ0) is 22.6. The van der Waals surface area contributed by atoms with Crippen molar-refractivity contribution in [3.05, 3.63) is 52.7 Å². The molecule has 0 aliphatic carbocycles. The normalized spacial score (nSPS) is 12.3. The zero-order valence-electron chi connectivity index (χ0n) is 18.8. The van der Waals surface area contributed by atoms with Gasteiger partial charge in [0, 0.05) is 30.4 Å². The van der Waals surface area contributed by atoms with Gasteiger partial charge in [-0.25, -0.2) is 9.78 Å². The number of ether oxygens (including phenoxy) is 2. The Morgan fingerprint density at radius 2 is 1.97 bits per heavy atom. The first-order valence-corrected chi connectivity index (χ1v) is 10.5. The largest absolute Gasteiger partial charge is 0.444 e. The molecule has 3 rings (SSSR count). The summed E-state index contributed by atoms with van der Waals surface area (Å²) in [6.07, 6.45) is 5.92. The average Bonchev–Trinajstić information content (AvgIpc) is 2.87. The van der Waals surface area contributed by atoms with E-state index >= 15 is 0 Å². The predicted molar refractivity (Wildman–Crippen MR) is 120 cm³/mol. The summed E-state index contributed by atoms with van der Waals surface area (Å²) >= 11 is 0. The Balaban J connectivity index is 1.83. The third-order valence-electron chi connectivity index (χ3n) is 4.73. The Bertz CT molecular complexity index is 1030. The lowest BCUT2D eigenvalue weighted by atomic mass is 10.1. The second kappa shape index (κ2) is 9.22. The monoisotopic (exact) mass is 419 g/mol. The Labute approximate surface area is 184 Å². The number of fused-ring (bicyclic) bond motifs is 2. The number of carbonyl (C=O) groups excluding carboxylic acids is 1. The molecule has 0 saturated heterocycles. The molecule has 1 aromatic heterocycles. The molecule has 0 bridgehead atoms. The number of amides is 1. The number of pyridine rings is 1. The van der Waals surface area contributed by atoms with Crippen LogP contribution in [0.25, 0.3) is 12.2 Å². The third-order valence-corrected chi connectivity index (χ3v) is 4.73. The van der Waals surface area contributed by atoms with Crippen LogP contribution in [0.4, 0.5) is 4.79 Å². The summed E-state index contributed by atoms with van der Waals surface area (Å²) in [5.74, 6) is 1.63. The molecule has 1 aliphatic rings. The molecular formula is C25H29N3O3. The van der Waals surface area contributed by atoms with Crippen LogP contribution in [0, 0.1) is 17.2 Å². The number of hydrogen-bond donors (Lipinski definition) is 0. The number of hydrogen-bond acceptors (Lipinski definition) is 5. The first-order chi connectivity index (χ1) is 14.6. The van der Waals surface area contributed by atoms with E-state index in [4.69, 9.17) is 14.7 Å². The quantitative estimate of drug-likeness (QED) is 0.506. The summed E-state index contributed by atoms with van der Waals surface area (Å²) in [6.45, 7) is 11.0. The van der Waals surface area contributed by atoms with Crippen LogP contribution in [0.15, 0.2) is 30.5 Å². The van der Waals surface area contributed by atoms with Crippen molar-refractivity contribution in [1.82, 2.24) is 9.88 Å². The van der Waals surface area contributed by atoms with Gasteiger partial charge in [0.05, 0.1) is 5.56 Å². The molecule has 31 heavy (non-hydrogen) atoms. The van der Waals surface area contributed by atoms with Crippen LogP contribution in [0.5, 0.6) is 11.6 Å². The maximum absolute atomic E-state index is 12.8. The van der Waals surface area contributed by atoms with Crippen molar-refractivity contribution in [2.75, 3.05) is 6.54 Å². The van der Waals surface area contributed by atoms with Crippen molar-refractivity contribution in [2.45, 2.75) is 53.2 Å². The summed E-state index contributed by atoms with van der Waals surface area (Å²) in [7, 11) is 0. The Morgan fingerprint density at radius 3 is 2.65 bits per heavy atom. The van der Waals surface area contributed by atoms with Crippen molar-refractivity contribution in [1.29, 1.82) is 5.26 Å². The lowest BCUT2D eigenvalue weighted by Crippen LogP contribution is -2.37. The topological polar surface area (TPSA) is 75.5 Å². The number of nitrogens with zero attached hydrogens (tertiary/aromatic N) is 3. The van der Waals surface area contributed by atoms with Crippen LogP contribution in [-0.4, -0.2) is 28.1 Å². The van der Waals surface area contributed by atoms with E-state index in [2.05, 4.69) is 24.9 Å². The van der Waals surface area contributed by atoms with E-state index in [1.54, 1.807) is 11.0 Å². The van der Waals surface area contributed by atoms with E-state index in [1.807, 2.05) is 51.1 Å². The highest BCUT2D eigenvalue weighted by Crippen LogP contribution is 2.33. The second-order valence-corrected chi connectivity index (χ2v) is 9.12. The molecule has 0 saturated carbocycles. The summed E-state index contributed by atoms with van der Waals surface area (Å²) in [6, 6.07) is 9.70. The molecule has 2 heterocycles. The molecule has 6 heteroatoms. The van der Waals surface area contributed by atoms with Gasteiger partial charge in [-0.3, -0.25) is 0 Å². The fourth-order valence-corrected chi connectivity index (χ4v) is 3.13. The molecular weight excluding hydrogens is 390 g/mol. The molecule has 0 fully saturated rings. The maximum Gasteiger partial charge on any atom is 0.410 e.